The number of methoxy groups -OCH3 is 2. The Labute approximate surface area is 172 Å². The summed E-state index contributed by atoms with van der Waals surface area (Å²) in [5.74, 6) is 0.303. The Balaban J connectivity index is 2.34. The number of hydrogen-bond donors (Lipinski definition) is 2. The Morgan fingerprint density at radius 2 is 1.62 bits per heavy atom. The molecule has 2 aromatic carbocycles. The van der Waals surface area contributed by atoms with Crippen LogP contribution in [0.3, 0.4) is 0 Å². The maximum Gasteiger partial charge on any atom is 0.241 e. The first-order chi connectivity index (χ1) is 13.6. The van der Waals surface area contributed by atoms with Crippen LogP contribution in [0.4, 0.5) is 0 Å². The van der Waals surface area contributed by atoms with Crippen LogP contribution >= 0.6 is 0 Å². The van der Waals surface area contributed by atoms with Crippen molar-refractivity contribution >= 4 is 15.9 Å². The van der Waals surface area contributed by atoms with Gasteiger partial charge in [0.25, 0.3) is 0 Å². The predicted octanol–water partition coefficient (Wildman–Crippen LogP) is 2.51. The molecule has 0 spiro atoms. The molecule has 2 rings (SSSR count). The third-order valence-corrected chi connectivity index (χ3v) is 5.53. The number of carbonyl (C=O) groups is 1. The highest BCUT2D eigenvalue weighted by Crippen LogP contribution is 2.29. The second-order valence-corrected chi connectivity index (χ2v) is 9.33. The van der Waals surface area contributed by atoms with E-state index in [0.29, 0.717) is 5.75 Å². The first-order valence-corrected chi connectivity index (χ1v) is 10.6. The van der Waals surface area contributed by atoms with Gasteiger partial charge in [-0.2, -0.15) is 4.72 Å². The van der Waals surface area contributed by atoms with Gasteiger partial charge >= 0.3 is 0 Å². The normalized spacial score (nSPS) is 12.9. The molecule has 1 amide bonds. The van der Waals surface area contributed by atoms with E-state index in [4.69, 9.17) is 9.47 Å². The topological polar surface area (TPSA) is 93.7 Å². The quantitative estimate of drug-likeness (QED) is 0.684. The van der Waals surface area contributed by atoms with Crippen molar-refractivity contribution < 1.29 is 22.7 Å². The lowest BCUT2D eigenvalue weighted by atomic mass is 10.0. The Kier molecular flexibility index (Phi) is 7.26. The zero-order valence-electron chi connectivity index (χ0n) is 17.4. The van der Waals surface area contributed by atoms with Crippen molar-refractivity contribution in [1.29, 1.82) is 0 Å². The average molecular weight is 421 g/mol. The van der Waals surface area contributed by atoms with Gasteiger partial charge in [0.1, 0.15) is 6.04 Å². The summed E-state index contributed by atoms with van der Waals surface area (Å²) in [6.07, 6.45) is 0.218. The molecule has 0 radical (unpaired) electrons. The standard InChI is InChI=1S/C21H28N2O5S/c1-21(2,3)22-20(24)17(13-15-9-7-6-8-10-15)23-29(25,26)16-11-12-18(27-4)19(14-16)28-5/h6-12,14,17,23H,13H2,1-5H3,(H,22,24). The van der Waals surface area contributed by atoms with Crippen LogP contribution in [0.1, 0.15) is 26.3 Å². The van der Waals surface area contributed by atoms with Crippen molar-refractivity contribution in [2.24, 2.45) is 0 Å². The van der Waals surface area contributed by atoms with Crippen molar-refractivity contribution in [3.63, 3.8) is 0 Å². The zero-order valence-corrected chi connectivity index (χ0v) is 18.2. The van der Waals surface area contributed by atoms with E-state index in [-0.39, 0.29) is 17.1 Å². The summed E-state index contributed by atoms with van der Waals surface area (Å²) in [6.45, 7) is 5.52. The Hall–Kier alpha value is -2.58. The number of sulfonamides is 1. The van der Waals surface area contributed by atoms with Crippen molar-refractivity contribution in [3.8, 4) is 11.5 Å². The van der Waals surface area contributed by atoms with Crippen LogP contribution in [0.25, 0.3) is 0 Å². The van der Waals surface area contributed by atoms with Crippen LogP contribution in [-0.4, -0.2) is 40.1 Å². The van der Waals surface area contributed by atoms with Crippen molar-refractivity contribution in [2.75, 3.05) is 14.2 Å². The number of ether oxygens (including phenoxy) is 2. The van der Waals surface area contributed by atoms with Crippen LogP contribution in [-0.2, 0) is 21.2 Å². The van der Waals surface area contributed by atoms with E-state index < -0.39 is 27.5 Å². The molecule has 2 N–H and O–H groups in total. The lowest BCUT2D eigenvalue weighted by Gasteiger charge is -2.25. The molecule has 0 fully saturated rings. The van der Waals surface area contributed by atoms with E-state index >= 15 is 0 Å². The molecular formula is C21H28N2O5S. The van der Waals surface area contributed by atoms with E-state index in [1.54, 1.807) is 0 Å². The first kappa shape index (κ1) is 22.7. The summed E-state index contributed by atoms with van der Waals surface area (Å²) in [5, 5.41) is 2.84. The van der Waals surface area contributed by atoms with Gasteiger partial charge in [-0.3, -0.25) is 4.79 Å². The minimum Gasteiger partial charge on any atom is -0.493 e. The Morgan fingerprint density at radius 1 is 1.00 bits per heavy atom. The maximum absolute atomic E-state index is 13.0. The number of rotatable bonds is 8. The molecule has 29 heavy (non-hydrogen) atoms. The summed E-state index contributed by atoms with van der Waals surface area (Å²) in [7, 11) is -1.09. The minimum absolute atomic E-state index is 0.0169. The van der Waals surface area contributed by atoms with Crippen LogP contribution in [0.2, 0.25) is 0 Å². The van der Waals surface area contributed by atoms with Crippen LogP contribution in [0, 0.1) is 0 Å². The number of nitrogens with one attached hydrogen (secondary N) is 2. The van der Waals surface area contributed by atoms with Crippen LogP contribution in [0.15, 0.2) is 53.4 Å². The largest absolute Gasteiger partial charge is 0.493 e. The molecule has 0 bridgehead atoms. The highest BCUT2D eigenvalue weighted by Gasteiger charge is 2.29. The van der Waals surface area contributed by atoms with Gasteiger partial charge in [0, 0.05) is 11.6 Å². The van der Waals surface area contributed by atoms with Gasteiger partial charge in [0.2, 0.25) is 15.9 Å². The third-order valence-electron chi connectivity index (χ3n) is 4.06. The number of amides is 1. The zero-order chi connectivity index (χ0) is 21.7. The fourth-order valence-electron chi connectivity index (χ4n) is 2.73. The highest BCUT2D eigenvalue weighted by atomic mass is 32.2. The molecule has 0 aliphatic rings. The molecule has 0 saturated carbocycles. The SMILES string of the molecule is COc1ccc(S(=O)(=O)NC(Cc2ccccc2)C(=O)NC(C)(C)C)cc1OC. The molecule has 158 valence electrons. The van der Waals surface area contributed by atoms with Crippen LogP contribution in [0.5, 0.6) is 11.5 Å². The lowest BCUT2D eigenvalue weighted by molar-refractivity contribution is -0.124. The van der Waals surface area contributed by atoms with Crippen molar-refractivity contribution in [2.45, 2.75) is 43.7 Å². The van der Waals surface area contributed by atoms with E-state index in [0.717, 1.165) is 5.56 Å². The van der Waals surface area contributed by atoms with E-state index in [2.05, 4.69) is 10.0 Å². The van der Waals surface area contributed by atoms with Gasteiger partial charge in [0.05, 0.1) is 19.1 Å². The molecule has 0 heterocycles. The molecular weight excluding hydrogens is 392 g/mol. The monoisotopic (exact) mass is 420 g/mol. The molecule has 8 heteroatoms. The number of benzene rings is 2. The molecule has 0 aromatic heterocycles. The van der Waals surface area contributed by atoms with E-state index in [1.807, 2.05) is 51.1 Å². The summed E-state index contributed by atoms with van der Waals surface area (Å²) >= 11 is 0. The summed E-state index contributed by atoms with van der Waals surface area (Å²) in [4.78, 5) is 12.8. The Morgan fingerprint density at radius 3 is 2.17 bits per heavy atom. The predicted molar refractivity (Wildman–Crippen MR) is 112 cm³/mol. The number of hydrogen-bond acceptors (Lipinski definition) is 5. The summed E-state index contributed by atoms with van der Waals surface area (Å²) in [6, 6.07) is 12.6. The van der Waals surface area contributed by atoms with Gasteiger partial charge in [0.15, 0.2) is 11.5 Å². The molecule has 1 unspecified atom stereocenters. The second kappa shape index (κ2) is 9.28. The van der Waals surface area contributed by atoms with Gasteiger partial charge in [-0.05, 0) is 44.9 Å². The molecule has 0 saturated heterocycles. The van der Waals surface area contributed by atoms with E-state index in [1.165, 1.54) is 32.4 Å². The summed E-state index contributed by atoms with van der Waals surface area (Å²) < 4.78 is 38.8. The first-order valence-electron chi connectivity index (χ1n) is 9.16. The molecule has 7 nitrogen and oxygen atoms in total. The van der Waals surface area contributed by atoms with Gasteiger partial charge < -0.3 is 14.8 Å². The molecule has 1 atom stereocenters. The van der Waals surface area contributed by atoms with Crippen molar-refractivity contribution in [3.05, 3.63) is 54.1 Å². The van der Waals surface area contributed by atoms with E-state index in [9.17, 15) is 13.2 Å². The van der Waals surface area contributed by atoms with Gasteiger partial charge in [-0.15, -0.1) is 0 Å². The Bertz CT molecular complexity index is 937. The molecule has 2 aromatic rings. The molecule has 0 aliphatic carbocycles. The van der Waals surface area contributed by atoms with Crippen molar-refractivity contribution in [1.82, 2.24) is 10.0 Å². The van der Waals surface area contributed by atoms with Gasteiger partial charge in [-0.25, -0.2) is 8.42 Å². The molecule has 0 aliphatic heterocycles. The summed E-state index contributed by atoms with van der Waals surface area (Å²) in [5.41, 5.74) is 0.345. The fraction of sp³-hybridized carbons (Fsp3) is 0.381. The lowest BCUT2D eigenvalue weighted by Crippen LogP contribution is -2.52. The number of carbonyl (C=O) groups excluding carboxylic acids is 1. The van der Waals surface area contributed by atoms with Crippen LogP contribution < -0.4 is 19.5 Å². The second-order valence-electron chi connectivity index (χ2n) is 7.62. The fourth-order valence-corrected chi connectivity index (χ4v) is 3.94. The third kappa shape index (κ3) is 6.47. The average Bonchev–Trinajstić information content (AvgIpc) is 2.66. The van der Waals surface area contributed by atoms with Gasteiger partial charge in [-0.1, -0.05) is 30.3 Å². The minimum atomic E-state index is -3.98. The smallest absolute Gasteiger partial charge is 0.241 e. The highest BCUT2D eigenvalue weighted by molar-refractivity contribution is 7.89. The maximum atomic E-state index is 13.0.